The molecule has 1 aliphatic rings. The first-order valence-electron chi connectivity index (χ1n) is 4.08. The Morgan fingerprint density at radius 2 is 2.25 bits per heavy atom. The lowest BCUT2D eigenvalue weighted by Gasteiger charge is -2.32. The summed E-state index contributed by atoms with van der Waals surface area (Å²) in [4.78, 5) is 15.6. The normalized spacial score (nSPS) is 19.1. The van der Waals surface area contributed by atoms with E-state index in [1.165, 1.54) is 5.17 Å². The molecule has 1 fully saturated rings. The molecule has 0 aromatic rings. The number of hydrogen-bond donors (Lipinski definition) is 0. The number of ether oxygens (including phenoxy) is 1. The van der Waals surface area contributed by atoms with Crippen LogP contribution in [0.15, 0.2) is 0 Å². The summed E-state index contributed by atoms with van der Waals surface area (Å²) in [5.41, 5.74) is 0. The van der Waals surface area contributed by atoms with Crippen LogP contribution in [0.5, 0.6) is 0 Å². The predicted octanol–water partition coefficient (Wildman–Crippen LogP) is -0.357. The Kier molecular flexibility index (Phi) is 3.99. The number of hydrogen-bond acceptors (Lipinski definition) is 4. The molecule has 1 aliphatic heterocycles. The van der Waals surface area contributed by atoms with Crippen molar-refractivity contribution in [1.29, 1.82) is 0 Å². The molecule has 70 valence electrons. The van der Waals surface area contributed by atoms with E-state index in [0.717, 1.165) is 0 Å². The molecule has 0 spiro atoms. The summed E-state index contributed by atoms with van der Waals surface area (Å²) >= 11 is 0. The lowest BCUT2D eigenvalue weighted by molar-refractivity contribution is -0.267. The van der Waals surface area contributed by atoms with Crippen LogP contribution in [0.4, 0.5) is 0 Å². The van der Waals surface area contributed by atoms with Crippen molar-refractivity contribution in [3.63, 3.8) is 0 Å². The van der Waals surface area contributed by atoms with Gasteiger partial charge in [0.2, 0.25) is 6.41 Å². The van der Waals surface area contributed by atoms with Crippen LogP contribution in [0.25, 0.3) is 0 Å². The first kappa shape index (κ1) is 9.44. The van der Waals surface area contributed by atoms with Crippen LogP contribution in [-0.4, -0.2) is 49.5 Å². The number of rotatable bonds is 4. The van der Waals surface area contributed by atoms with Crippen LogP contribution in [0.2, 0.25) is 0 Å². The van der Waals surface area contributed by atoms with Crippen LogP contribution < -0.4 is 0 Å². The Morgan fingerprint density at radius 3 is 2.75 bits per heavy atom. The van der Waals surface area contributed by atoms with Crippen molar-refractivity contribution >= 4 is 6.41 Å². The first-order valence-corrected chi connectivity index (χ1v) is 4.08. The molecular weight excluding hydrogens is 160 g/mol. The smallest absolute Gasteiger partial charge is 0.249 e. The second-order valence-corrected chi connectivity index (χ2v) is 2.39. The third kappa shape index (κ3) is 2.44. The van der Waals surface area contributed by atoms with Gasteiger partial charge >= 0.3 is 0 Å². The molecular formula is C7H14N2O3. The highest BCUT2D eigenvalue weighted by Crippen LogP contribution is 2.00. The van der Waals surface area contributed by atoms with Gasteiger partial charge in [0.25, 0.3) is 0 Å². The van der Waals surface area contributed by atoms with E-state index in [1.807, 2.05) is 11.9 Å². The van der Waals surface area contributed by atoms with E-state index in [0.29, 0.717) is 39.3 Å². The maximum absolute atomic E-state index is 10.5. The molecule has 0 bridgehead atoms. The summed E-state index contributed by atoms with van der Waals surface area (Å²) < 4.78 is 5.13. The van der Waals surface area contributed by atoms with Crippen molar-refractivity contribution in [2.24, 2.45) is 0 Å². The average Bonchev–Trinajstić information content (AvgIpc) is 2.15. The molecule has 0 N–H and O–H groups in total. The van der Waals surface area contributed by atoms with Crippen LogP contribution in [0.1, 0.15) is 6.92 Å². The largest absolute Gasteiger partial charge is 0.379 e. The molecule has 0 aromatic heterocycles. The van der Waals surface area contributed by atoms with Crippen LogP contribution in [0, 0.1) is 0 Å². The fourth-order valence-electron chi connectivity index (χ4n) is 1.06. The molecule has 0 radical (unpaired) electrons. The van der Waals surface area contributed by atoms with Gasteiger partial charge in [0.05, 0.1) is 19.8 Å². The monoisotopic (exact) mass is 174 g/mol. The molecule has 12 heavy (non-hydrogen) atoms. The van der Waals surface area contributed by atoms with E-state index in [1.54, 1.807) is 0 Å². The number of carbonyl (C=O) groups excluding carboxylic acids is 1. The minimum absolute atomic E-state index is 0.496. The van der Waals surface area contributed by atoms with E-state index in [-0.39, 0.29) is 0 Å². The summed E-state index contributed by atoms with van der Waals surface area (Å²) in [6.07, 6.45) is 0.675. The van der Waals surface area contributed by atoms with Gasteiger partial charge in [-0.25, -0.2) is 0 Å². The maximum atomic E-state index is 10.5. The lowest BCUT2D eigenvalue weighted by atomic mass is 10.5. The molecule has 0 atom stereocenters. The van der Waals surface area contributed by atoms with Crippen molar-refractivity contribution in [3.8, 4) is 0 Å². The van der Waals surface area contributed by atoms with E-state index in [9.17, 15) is 4.79 Å². The second-order valence-electron chi connectivity index (χ2n) is 2.39. The molecule has 1 saturated heterocycles. The second kappa shape index (κ2) is 5.08. The van der Waals surface area contributed by atoms with E-state index in [4.69, 9.17) is 9.57 Å². The molecule has 5 heteroatoms. The summed E-state index contributed by atoms with van der Waals surface area (Å²) in [5.74, 6) is 0. The molecule has 5 nitrogen and oxygen atoms in total. The predicted molar refractivity (Wildman–Crippen MR) is 41.9 cm³/mol. The summed E-state index contributed by atoms with van der Waals surface area (Å²) in [6.45, 7) is 5.05. The van der Waals surface area contributed by atoms with Gasteiger partial charge in [-0.05, 0) is 6.92 Å². The molecule has 1 rings (SSSR count). The van der Waals surface area contributed by atoms with Crippen LogP contribution >= 0.6 is 0 Å². The van der Waals surface area contributed by atoms with Gasteiger partial charge in [-0.1, -0.05) is 0 Å². The Labute approximate surface area is 71.8 Å². The number of morpholine rings is 1. The minimum atomic E-state index is 0.496. The number of hydroxylamine groups is 1. The fourth-order valence-corrected chi connectivity index (χ4v) is 1.06. The lowest BCUT2D eigenvalue weighted by Crippen LogP contribution is -2.48. The van der Waals surface area contributed by atoms with Crippen molar-refractivity contribution < 1.29 is 14.4 Å². The van der Waals surface area contributed by atoms with E-state index >= 15 is 0 Å². The minimum Gasteiger partial charge on any atom is -0.379 e. The standard InChI is InChI=1S/C7H14N2O3/c1-2-12-9(7-10)8-3-5-11-6-4-8/h7H,2-6H2,1H3. The fraction of sp³-hybridized carbons (Fsp3) is 0.857. The van der Waals surface area contributed by atoms with Crippen LogP contribution in [-0.2, 0) is 14.4 Å². The Balaban J connectivity index is 2.34. The van der Waals surface area contributed by atoms with Crippen molar-refractivity contribution in [2.75, 3.05) is 32.9 Å². The van der Waals surface area contributed by atoms with Gasteiger partial charge in [-0.2, -0.15) is 5.01 Å². The maximum Gasteiger partial charge on any atom is 0.249 e. The van der Waals surface area contributed by atoms with Gasteiger partial charge in [0.15, 0.2) is 0 Å². The zero-order chi connectivity index (χ0) is 8.81. The molecule has 0 aliphatic carbocycles. The van der Waals surface area contributed by atoms with Crippen LogP contribution in [0.3, 0.4) is 0 Å². The van der Waals surface area contributed by atoms with Gasteiger partial charge in [-0.3, -0.25) is 9.63 Å². The topological polar surface area (TPSA) is 42.0 Å². The highest BCUT2D eigenvalue weighted by Gasteiger charge is 2.16. The van der Waals surface area contributed by atoms with Crippen molar-refractivity contribution in [1.82, 2.24) is 10.2 Å². The summed E-state index contributed by atoms with van der Waals surface area (Å²) in [6, 6.07) is 0. The molecule has 0 unspecified atom stereocenters. The van der Waals surface area contributed by atoms with Gasteiger partial charge in [0, 0.05) is 13.1 Å². The molecule has 0 saturated carbocycles. The highest BCUT2D eigenvalue weighted by molar-refractivity contribution is 5.44. The zero-order valence-corrected chi connectivity index (χ0v) is 7.23. The number of carbonyl (C=O) groups is 1. The number of hydrazine groups is 1. The SMILES string of the molecule is CCON(C=O)N1CCOCC1. The zero-order valence-electron chi connectivity index (χ0n) is 7.23. The number of nitrogens with zero attached hydrogens (tertiary/aromatic N) is 2. The van der Waals surface area contributed by atoms with Crippen molar-refractivity contribution in [3.05, 3.63) is 0 Å². The highest BCUT2D eigenvalue weighted by atomic mass is 16.7. The van der Waals surface area contributed by atoms with Crippen molar-refractivity contribution in [2.45, 2.75) is 6.92 Å². The van der Waals surface area contributed by atoms with E-state index in [2.05, 4.69) is 0 Å². The Hall–Kier alpha value is -0.650. The van der Waals surface area contributed by atoms with E-state index < -0.39 is 0 Å². The van der Waals surface area contributed by atoms with Gasteiger partial charge in [-0.15, -0.1) is 5.17 Å². The molecule has 1 heterocycles. The quantitative estimate of drug-likeness (QED) is 0.431. The third-order valence-electron chi connectivity index (χ3n) is 1.62. The Bertz CT molecular complexity index is 137. The van der Waals surface area contributed by atoms with Gasteiger partial charge in [0.1, 0.15) is 0 Å². The summed E-state index contributed by atoms with van der Waals surface area (Å²) in [5, 5.41) is 3.06. The average molecular weight is 174 g/mol. The number of amides is 1. The molecule has 1 amide bonds. The third-order valence-corrected chi connectivity index (χ3v) is 1.62. The van der Waals surface area contributed by atoms with Gasteiger partial charge < -0.3 is 4.74 Å². The molecule has 0 aromatic carbocycles. The first-order chi connectivity index (χ1) is 5.88. The Morgan fingerprint density at radius 1 is 1.58 bits per heavy atom. The summed E-state index contributed by atoms with van der Waals surface area (Å²) in [7, 11) is 0.